The van der Waals surface area contributed by atoms with Crippen LogP contribution < -0.4 is 22.3 Å². The maximum Gasteiger partial charge on any atom is 0.417 e. The Balaban J connectivity index is 3.69. The van der Waals surface area contributed by atoms with Crippen molar-refractivity contribution in [2.45, 2.75) is 20.8 Å². The molecule has 1 rings (SSSR count). The van der Waals surface area contributed by atoms with Crippen LogP contribution in [0.4, 0.5) is 0 Å². The van der Waals surface area contributed by atoms with Crippen LogP contribution in [0.5, 0.6) is 0 Å². The third-order valence-electron chi connectivity index (χ3n) is 2.12. The number of allylic oxidation sites excluding steroid dienone is 1. The molecule has 0 fully saturated rings. The van der Waals surface area contributed by atoms with Gasteiger partial charge < -0.3 is 10.2 Å². The smallest absolute Gasteiger partial charge is 0.408 e. The summed E-state index contributed by atoms with van der Waals surface area (Å²) in [5, 5.41) is 0.696. The average Bonchev–Trinajstić information content (AvgIpc) is 2.55. The van der Waals surface area contributed by atoms with E-state index in [1.54, 1.807) is 12.2 Å². The lowest BCUT2D eigenvalue weighted by atomic mass is 10.0. The predicted octanol–water partition coefficient (Wildman–Crippen LogP) is 0.0474. The van der Waals surface area contributed by atoms with E-state index in [1.165, 1.54) is 6.20 Å². The molecule has 0 aromatic carbocycles. The number of aromatic nitrogens is 1. The Bertz CT molecular complexity index is 518. The minimum Gasteiger partial charge on any atom is -0.408 e. The van der Waals surface area contributed by atoms with E-state index in [4.69, 9.17) is 10.2 Å². The van der Waals surface area contributed by atoms with Crippen LogP contribution in [-0.2, 0) is 0 Å². The Hall–Kier alpha value is -1.71. The zero-order valence-corrected chi connectivity index (χ0v) is 9.20. The van der Waals surface area contributed by atoms with Crippen LogP contribution in [0.2, 0.25) is 0 Å². The van der Waals surface area contributed by atoms with Crippen LogP contribution >= 0.6 is 0 Å². The molecule has 4 heteroatoms. The topological polar surface area (TPSA) is 72.0 Å². The molecular formula is C11H16N2O2. The number of hydrogen-bond acceptors (Lipinski definition) is 3. The molecule has 1 aromatic rings. The lowest BCUT2D eigenvalue weighted by molar-refractivity contribution is 0.480. The Morgan fingerprint density at radius 3 is 2.67 bits per heavy atom. The standard InChI is InChI=1S/C11H16N2O2/c1-4-9-10(15-11(14)13-9)8(5-6-12)7(2)3/h4-7H,12H2,1-3H3,(H,13,14)/b6-5-,9-4+,10-8-. The van der Waals surface area contributed by atoms with Gasteiger partial charge in [-0.15, -0.1) is 0 Å². The first-order valence-corrected chi connectivity index (χ1v) is 4.88. The maximum atomic E-state index is 11.1. The molecule has 0 aliphatic carbocycles. The zero-order chi connectivity index (χ0) is 11.4. The fourth-order valence-electron chi connectivity index (χ4n) is 1.39. The normalized spacial score (nSPS) is 15.3. The van der Waals surface area contributed by atoms with Crippen molar-refractivity contribution in [1.82, 2.24) is 4.98 Å². The number of H-pyrrole nitrogens is 1. The third-order valence-corrected chi connectivity index (χ3v) is 2.12. The van der Waals surface area contributed by atoms with E-state index >= 15 is 0 Å². The van der Waals surface area contributed by atoms with E-state index in [1.807, 2.05) is 20.8 Å². The minimum atomic E-state index is -0.443. The van der Waals surface area contributed by atoms with E-state index in [0.717, 1.165) is 5.57 Å². The van der Waals surface area contributed by atoms with Gasteiger partial charge in [0, 0.05) is 5.57 Å². The van der Waals surface area contributed by atoms with Crippen molar-refractivity contribution in [3.63, 3.8) is 0 Å². The first-order valence-electron chi connectivity index (χ1n) is 4.88. The fraction of sp³-hybridized carbons (Fsp3) is 0.364. The van der Waals surface area contributed by atoms with Crippen molar-refractivity contribution < 1.29 is 4.42 Å². The summed E-state index contributed by atoms with van der Waals surface area (Å²) in [6.45, 7) is 5.87. The van der Waals surface area contributed by atoms with Gasteiger partial charge in [-0.05, 0) is 25.1 Å². The molecule has 0 aliphatic rings. The fourth-order valence-corrected chi connectivity index (χ4v) is 1.39. The second-order valence-electron chi connectivity index (χ2n) is 3.52. The summed E-state index contributed by atoms with van der Waals surface area (Å²) in [5.41, 5.74) is 6.84. The Morgan fingerprint density at radius 1 is 1.53 bits per heavy atom. The van der Waals surface area contributed by atoms with Crippen LogP contribution in [0, 0.1) is 5.92 Å². The maximum absolute atomic E-state index is 11.1. The van der Waals surface area contributed by atoms with Gasteiger partial charge in [0.2, 0.25) is 0 Å². The molecule has 0 atom stereocenters. The molecule has 0 aliphatic heterocycles. The van der Waals surface area contributed by atoms with Gasteiger partial charge in [0.05, 0.1) is 5.35 Å². The highest BCUT2D eigenvalue weighted by molar-refractivity contribution is 5.56. The molecule has 0 spiro atoms. The number of hydrogen-bond donors (Lipinski definition) is 2. The largest absolute Gasteiger partial charge is 0.417 e. The summed E-state index contributed by atoms with van der Waals surface area (Å²) in [6.07, 6.45) is 5.00. The van der Waals surface area contributed by atoms with E-state index in [9.17, 15) is 4.79 Å². The molecule has 0 saturated carbocycles. The monoisotopic (exact) mass is 208 g/mol. The number of aromatic amines is 1. The lowest BCUT2D eigenvalue weighted by Gasteiger charge is -2.02. The van der Waals surface area contributed by atoms with Crippen LogP contribution in [-0.4, -0.2) is 4.98 Å². The van der Waals surface area contributed by atoms with Gasteiger partial charge in [0.25, 0.3) is 0 Å². The zero-order valence-electron chi connectivity index (χ0n) is 9.20. The van der Waals surface area contributed by atoms with Gasteiger partial charge >= 0.3 is 5.76 Å². The summed E-state index contributed by atoms with van der Waals surface area (Å²) in [5.74, 6) is -0.205. The van der Waals surface area contributed by atoms with Crippen LogP contribution in [0.25, 0.3) is 11.6 Å². The predicted molar refractivity (Wildman–Crippen MR) is 60.3 cm³/mol. The minimum absolute atomic E-state index is 0.238. The molecule has 0 bridgehead atoms. The van der Waals surface area contributed by atoms with E-state index in [-0.39, 0.29) is 5.92 Å². The molecule has 1 heterocycles. The Morgan fingerprint density at radius 2 is 2.20 bits per heavy atom. The van der Waals surface area contributed by atoms with Gasteiger partial charge in [0.1, 0.15) is 0 Å². The summed E-state index contributed by atoms with van der Waals surface area (Å²) in [7, 11) is 0. The SMILES string of the molecule is C/C=c1/[nH]c(=O)o/c1=C(/C=C\N)C(C)C. The van der Waals surface area contributed by atoms with Crippen molar-refractivity contribution in [2.75, 3.05) is 0 Å². The van der Waals surface area contributed by atoms with Crippen LogP contribution in [0.1, 0.15) is 20.8 Å². The molecular weight excluding hydrogens is 192 g/mol. The summed E-state index contributed by atoms with van der Waals surface area (Å²) in [6, 6.07) is 0. The first kappa shape index (κ1) is 11.4. The highest BCUT2D eigenvalue weighted by Crippen LogP contribution is 2.08. The van der Waals surface area contributed by atoms with Crippen molar-refractivity contribution in [3.8, 4) is 0 Å². The van der Waals surface area contributed by atoms with Crippen LogP contribution in [0.3, 0.4) is 0 Å². The molecule has 0 radical (unpaired) electrons. The molecule has 4 nitrogen and oxygen atoms in total. The van der Waals surface area contributed by atoms with Gasteiger partial charge in [-0.1, -0.05) is 19.9 Å². The summed E-state index contributed by atoms with van der Waals surface area (Å²) < 4.78 is 5.10. The number of nitrogens with one attached hydrogen (secondary N) is 1. The van der Waals surface area contributed by atoms with Crippen molar-refractivity contribution >= 4 is 11.6 Å². The Labute approximate surface area is 87.8 Å². The highest BCUT2D eigenvalue weighted by Gasteiger charge is 2.05. The quantitative estimate of drug-likeness (QED) is 0.721. The van der Waals surface area contributed by atoms with E-state index in [2.05, 4.69) is 4.98 Å². The average molecular weight is 208 g/mol. The molecule has 0 saturated heterocycles. The van der Waals surface area contributed by atoms with E-state index < -0.39 is 5.76 Å². The van der Waals surface area contributed by atoms with Crippen molar-refractivity contribution in [1.29, 1.82) is 0 Å². The summed E-state index contributed by atoms with van der Waals surface area (Å²) >= 11 is 0. The number of nitrogens with two attached hydrogens (primary N) is 1. The first-order chi connectivity index (χ1) is 7.10. The van der Waals surface area contributed by atoms with Gasteiger partial charge in [-0.3, -0.25) is 4.98 Å². The van der Waals surface area contributed by atoms with Gasteiger partial charge in [-0.25, -0.2) is 4.79 Å². The second-order valence-corrected chi connectivity index (χ2v) is 3.52. The molecule has 1 aromatic heterocycles. The van der Waals surface area contributed by atoms with Gasteiger partial charge in [0.15, 0.2) is 5.42 Å². The molecule has 0 unspecified atom stereocenters. The van der Waals surface area contributed by atoms with Crippen molar-refractivity contribution in [3.05, 3.63) is 33.6 Å². The second kappa shape index (κ2) is 4.68. The molecule has 82 valence electrons. The molecule has 3 N–H and O–H groups in total. The molecule has 15 heavy (non-hydrogen) atoms. The number of rotatable bonds is 2. The van der Waals surface area contributed by atoms with Gasteiger partial charge in [-0.2, -0.15) is 0 Å². The highest BCUT2D eigenvalue weighted by atomic mass is 16.4. The Kier molecular flexibility index (Phi) is 3.55. The van der Waals surface area contributed by atoms with E-state index in [0.29, 0.717) is 10.8 Å². The van der Waals surface area contributed by atoms with Crippen molar-refractivity contribution in [2.24, 2.45) is 11.7 Å². The third kappa shape index (κ3) is 2.40. The summed E-state index contributed by atoms with van der Waals surface area (Å²) in [4.78, 5) is 13.7. The molecule has 0 amide bonds. The number of oxazole rings is 1. The lowest BCUT2D eigenvalue weighted by Crippen LogP contribution is -2.25. The van der Waals surface area contributed by atoms with Crippen LogP contribution in [0.15, 0.2) is 21.5 Å².